The third-order valence-corrected chi connectivity index (χ3v) is 1.70. The molecule has 0 aliphatic heterocycles. The van der Waals surface area contributed by atoms with E-state index < -0.39 is 0 Å². The first-order valence-electron chi connectivity index (χ1n) is 3.47. The number of nitrogens with two attached hydrogens (primary N) is 1. The molecule has 1 radical (unpaired) electrons. The summed E-state index contributed by atoms with van der Waals surface area (Å²) in [4.78, 5) is 0. The van der Waals surface area contributed by atoms with Crippen molar-refractivity contribution in [2.45, 2.75) is 38.1 Å². The van der Waals surface area contributed by atoms with Gasteiger partial charge >= 0.3 is 0 Å². The standard InChI is InChI=1S/C7H14N/c8-7-5-3-1-2-4-6-7/h3,7H,1-2,4-6,8H2. The summed E-state index contributed by atoms with van der Waals surface area (Å²) in [5.41, 5.74) is 5.70. The van der Waals surface area contributed by atoms with Gasteiger partial charge < -0.3 is 5.73 Å². The second-order valence-corrected chi connectivity index (χ2v) is 2.57. The van der Waals surface area contributed by atoms with Crippen molar-refractivity contribution >= 4 is 0 Å². The van der Waals surface area contributed by atoms with Crippen molar-refractivity contribution in [1.82, 2.24) is 0 Å². The van der Waals surface area contributed by atoms with Crippen LogP contribution in [-0.4, -0.2) is 6.04 Å². The molecule has 2 N–H and O–H groups in total. The zero-order valence-corrected chi connectivity index (χ0v) is 5.27. The highest BCUT2D eigenvalue weighted by molar-refractivity contribution is 4.76. The van der Waals surface area contributed by atoms with Crippen LogP contribution in [0.3, 0.4) is 0 Å². The summed E-state index contributed by atoms with van der Waals surface area (Å²) >= 11 is 0. The van der Waals surface area contributed by atoms with Gasteiger partial charge in [0.1, 0.15) is 0 Å². The molecular formula is C7H14N. The smallest absolute Gasteiger partial charge is 0.00415 e. The van der Waals surface area contributed by atoms with Gasteiger partial charge in [0.15, 0.2) is 0 Å². The number of rotatable bonds is 0. The van der Waals surface area contributed by atoms with E-state index in [1.165, 1.54) is 25.7 Å². The Hall–Kier alpha value is -0.0400. The molecule has 1 unspecified atom stereocenters. The van der Waals surface area contributed by atoms with Crippen LogP contribution in [0.4, 0.5) is 0 Å². The molecule has 1 nitrogen and oxygen atoms in total. The van der Waals surface area contributed by atoms with Crippen LogP contribution < -0.4 is 5.73 Å². The minimum atomic E-state index is 0.470. The lowest BCUT2D eigenvalue weighted by atomic mass is 10.1. The molecular weight excluding hydrogens is 98.1 g/mol. The Morgan fingerprint density at radius 2 is 2.25 bits per heavy atom. The predicted octanol–water partition coefficient (Wildman–Crippen LogP) is 1.48. The van der Waals surface area contributed by atoms with E-state index in [2.05, 4.69) is 6.42 Å². The van der Waals surface area contributed by atoms with Crippen molar-refractivity contribution in [2.75, 3.05) is 0 Å². The molecule has 0 bridgehead atoms. The maximum atomic E-state index is 5.70. The molecule has 1 aliphatic carbocycles. The third kappa shape index (κ3) is 1.83. The molecule has 1 saturated carbocycles. The second kappa shape index (κ2) is 3.08. The lowest BCUT2D eigenvalue weighted by Gasteiger charge is -2.03. The molecule has 0 aromatic rings. The van der Waals surface area contributed by atoms with Crippen LogP contribution in [-0.2, 0) is 0 Å². The molecule has 0 spiro atoms. The fourth-order valence-corrected chi connectivity index (χ4v) is 1.14. The maximum Gasteiger partial charge on any atom is 0.00415 e. The predicted molar refractivity (Wildman–Crippen MR) is 35.4 cm³/mol. The summed E-state index contributed by atoms with van der Waals surface area (Å²) < 4.78 is 0. The van der Waals surface area contributed by atoms with Crippen LogP contribution >= 0.6 is 0 Å². The van der Waals surface area contributed by atoms with Gasteiger partial charge in [-0.25, -0.2) is 0 Å². The average molecular weight is 112 g/mol. The van der Waals surface area contributed by atoms with E-state index in [9.17, 15) is 0 Å². The van der Waals surface area contributed by atoms with E-state index in [-0.39, 0.29) is 0 Å². The maximum absolute atomic E-state index is 5.70. The largest absolute Gasteiger partial charge is 0.328 e. The highest BCUT2D eigenvalue weighted by Crippen LogP contribution is 2.14. The zero-order valence-electron chi connectivity index (χ0n) is 5.27. The summed E-state index contributed by atoms with van der Waals surface area (Å²) in [6.45, 7) is 0. The van der Waals surface area contributed by atoms with Crippen molar-refractivity contribution < 1.29 is 0 Å². The molecule has 1 rings (SSSR count). The third-order valence-electron chi connectivity index (χ3n) is 1.70. The Morgan fingerprint density at radius 3 is 3.12 bits per heavy atom. The van der Waals surface area contributed by atoms with Crippen molar-refractivity contribution in [3.05, 3.63) is 6.42 Å². The molecule has 0 aromatic heterocycles. The van der Waals surface area contributed by atoms with Gasteiger partial charge in [0.2, 0.25) is 0 Å². The minimum absolute atomic E-state index is 0.470. The van der Waals surface area contributed by atoms with E-state index in [1.54, 1.807) is 0 Å². The van der Waals surface area contributed by atoms with Crippen LogP contribution in [0.1, 0.15) is 32.1 Å². The molecule has 0 aromatic carbocycles. The molecule has 1 fully saturated rings. The Balaban J connectivity index is 2.17. The van der Waals surface area contributed by atoms with Crippen LogP contribution in [0.25, 0.3) is 0 Å². The molecule has 1 aliphatic rings. The molecule has 1 heteroatoms. The first-order chi connectivity index (χ1) is 3.89. The molecule has 47 valence electrons. The first-order valence-corrected chi connectivity index (χ1v) is 3.47. The minimum Gasteiger partial charge on any atom is -0.328 e. The van der Waals surface area contributed by atoms with Gasteiger partial charge in [0.05, 0.1) is 0 Å². The lowest BCUT2D eigenvalue weighted by molar-refractivity contribution is 0.605. The highest BCUT2D eigenvalue weighted by Gasteiger charge is 2.05. The van der Waals surface area contributed by atoms with Gasteiger partial charge in [0.25, 0.3) is 0 Å². The SMILES string of the molecule is NC1C[CH]CCCC1. The fraction of sp³-hybridized carbons (Fsp3) is 0.857. The van der Waals surface area contributed by atoms with E-state index in [1.807, 2.05) is 0 Å². The van der Waals surface area contributed by atoms with Gasteiger partial charge in [0, 0.05) is 6.04 Å². The second-order valence-electron chi connectivity index (χ2n) is 2.57. The van der Waals surface area contributed by atoms with E-state index >= 15 is 0 Å². The van der Waals surface area contributed by atoms with Gasteiger partial charge in [-0.1, -0.05) is 19.3 Å². The molecule has 0 saturated heterocycles. The topological polar surface area (TPSA) is 26.0 Å². The average Bonchev–Trinajstić information content (AvgIpc) is 1.94. The van der Waals surface area contributed by atoms with Crippen molar-refractivity contribution in [3.8, 4) is 0 Å². The summed E-state index contributed by atoms with van der Waals surface area (Å²) in [6.07, 6.45) is 8.66. The van der Waals surface area contributed by atoms with Crippen LogP contribution in [0.2, 0.25) is 0 Å². The van der Waals surface area contributed by atoms with E-state index in [4.69, 9.17) is 5.73 Å². The van der Waals surface area contributed by atoms with Gasteiger partial charge in [-0.2, -0.15) is 0 Å². The van der Waals surface area contributed by atoms with Crippen LogP contribution in [0.5, 0.6) is 0 Å². The summed E-state index contributed by atoms with van der Waals surface area (Å²) in [7, 11) is 0. The zero-order chi connectivity index (χ0) is 5.82. The molecule has 8 heavy (non-hydrogen) atoms. The highest BCUT2D eigenvalue weighted by atomic mass is 14.6. The summed E-state index contributed by atoms with van der Waals surface area (Å²) in [5, 5.41) is 0. The van der Waals surface area contributed by atoms with Crippen LogP contribution in [0, 0.1) is 6.42 Å². The van der Waals surface area contributed by atoms with Gasteiger partial charge in [-0.15, -0.1) is 0 Å². The van der Waals surface area contributed by atoms with Crippen molar-refractivity contribution in [1.29, 1.82) is 0 Å². The van der Waals surface area contributed by atoms with E-state index in [0.717, 1.165) is 6.42 Å². The Morgan fingerprint density at radius 1 is 1.38 bits per heavy atom. The van der Waals surface area contributed by atoms with Crippen molar-refractivity contribution in [3.63, 3.8) is 0 Å². The number of hydrogen-bond acceptors (Lipinski definition) is 1. The van der Waals surface area contributed by atoms with Gasteiger partial charge in [-0.3, -0.25) is 0 Å². The summed E-state index contributed by atoms with van der Waals surface area (Å²) in [6, 6.07) is 0.470. The monoisotopic (exact) mass is 112 g/mol. The van der Waals surface area contributed by atoms with Crippen molar-refractivity contribution in [2.24, 2.45) is 5.73 Å². The Kier molecular flexibility index (Phi) is 2.34. The lowest BCUT2D eigenvalue weighted by Crippen LogP contribution is -2.17. The normalized spacial score (nSPS) is 25.1. The number of hydrogen-bond donors (Lipinski definition) is 1. The molecule has 1 atom stereocenters. The first kappa shape index (κ1) is 6.09. The summed E-state index contributed by atoms with van der Waals surface area (Å²) in [5.74, 6) is 0. The van der Waals surface area contributed by atoms with Gasteiger partial charge in [-0.05, 0) is 19.3 Å². The Labute approximate surface area is 51.3 Å². The Bertz CT molecular complexity index is 53.4. The molecule has 0 heterocycles. The van der Waals surface area contributed by atoms with E-state index in [0.29, 0.717) is 6.04 Å². The van der Waals surface area contributed by atoms with Crippen LogP contribution in [0.15, 0.2) is 0 Å². The fourth-order valence-electron chi connectivity index (χ4n) is 1.14. The quantitative estimate of drug-likeness (QED) is 0.472. The molecule has 0 amide bonds.